The maximum atomic E-state index is 13.7. The highest BCUT2D eigenvalue weighted by atomic mass is 16.5. The number of hydrogen-bond donors (Lipinski definition) is 1. The minimum Gasteiger partial charge on any atom is -0.494 e. The molecule has 2 heterocycles. The van der Waals surface area contributed by atoms with E-state index >= 15 is 0 Å². The largest absolute Gasteiger partial charge is 0.494 e. The molecule has 0 spiro atoms. The second-order valence-electron chi connectivity index (χ2n) is 8.55. The zero-order chi connectivity index (χ0) is 22.8. The van der Waals surface area contributed by atoms with Gasteiger partial charge in [-0.05, 0) is 74.4 Å². The molecule has 0 aromatic heterocycles. The summed E-state index contributed by atoms with van der Waals surface area (Å²) in [7, 11) is 0. The van der Waals surface area contributed by atoms with Crippen molar-refractivity contribution in [2.75, 3.05) is 31.2 Å². The second kappa shape index (κ2) is 9.17. The van der Waals surface area contributed by atoms with Crippen LogP contribution in [0, 0.1) is 19.8 Å². The lowest BCUT2D eigenvalue weighted by atomic mass is 9.97. The van der Waals surface area contributed by atoms with Gasteiger partial charge in [0.05, 0.1) is 17.9 Å². The number of benzene rings is 2. The zero-order valence-corrected chi connectivity index (χ0v) is 18.9. The van der Waals surface area contributed by atoms with Gasteiger partial charge in [-0.2, -0.15) is 0 Å². The molecule has 1 unspecified atom stereocenters. The minimum absolute atomic E-state index is 0.0744. The molecule has 0 radical (unpaired) electrons. The van der Waals surface area contributed by atoms with Gasteiger partial charge in [0.25, 0.3) is 11.8 Å². The molecular formula is C26H30N2O4. The summed E-state index contributed by atoms with van der Waals surface area (Å²) in [5, 5.41) is 9.71. The number of nitrogens with zero attached hydrogens (tertiary/aromatic N) is 2. The fourth-order valence-corrected chi connectivity index (χ4v) is 4.55. The average Bonchev–Trinajstić information content (AvgIpc) is 3.06. The molecule has 6 heteroatoms. The topological polar surface area (TPSA) is 70.1 Å². The van der Waals surface area contributed by atoms with Crippen LogP contribution in [0.15, 0.2) is 48.2 Å². The van der Waals surface area contributed by atoms with Crippen molar-refractivity contribution in [1.29, 1.82) is 0 Å². The van der Waals surface area contributed by atoms with E-state index in [0.29, 0.717) is 42.2 Å². The highest BCUT2D eigenvalue weighted by Gasteiger charge is 2.43. The predicted octanol–water partition coefficient (Wildman–Crippen LogP) is 3.69. The van der Waals surface area contributed by atoms with E-state index in [4.69, 9.17) is 4.74 Å². The number of imide groups is 1. The molecule has 1 saturated heterocycles. The third-order valence-corrected chi connectivity index (χ3v) is 6.21. The van der Waals surface area contributed by atoms with Crippen LogP contribution in [-0.2, 0) is 9.59 Å². The lowest BCUT2D eigenvalue weighted by Gasteiger charge is -2.34. The first-order chi connectivity index (χ1) is 15.4. The van der Waals surface area contributed by atoms with E-state index in [1.54, 1.807) is 0 Å². The highest BCUT2D eigenvalue weighted by molar-refractivity contribution is 6.45. The Bertz CT molecular complexity index is 1060. The zero-order valence-electron chi connectivity index (χ0n) is 18.9. The van der Waals surface area contributed by atoms with E-state index in [1.165, 1.54) is 4.90 Å². The van der Waals surface area contributed by atoms with E-state index in [0.717, 1.165) is 29.7 Å². The molecule has 1 atom stereocenters. The van der Waals surface area contributed by atoms with Gasteiger partial charge in [0.1, 0.15) is 11.4 Å². The van der Waals surface area contributed by atoms with Crippen molar-refractivity contribution in [1.82, 2.24) is 4.90 Å². The fraction of sp³-hybridized carbons (Fsp3) is 0.385. The van der Waals surface area contributed by atoms with E-state index in [9.17, 15) is 14.7 Å². The SMILES string of the molecule is CCOc1ccc(C2=C(N3CCCC(CO)C3)C(=O)N(c3cc(C)ccc3C)C2=O)cc1. The van der Waals surface area contributed by atoms with Crippen LogP contribution in [0.25, 0.3) is 5.57 Å². The van der Waals surface area contributed by atoms with Gasteiger partial charge in [-0.3, -0.25) is 9.59 Å². The Morgan fingerprint density at radius 2 is 1.81 bits per heavy atom. The molecule has 0 saturated carbocycles. The summed E-state index contributed by atoms with van der Waals surface area (Å²) >= 11 is 0. The molecular weight excluding hydrogens is 404 g/mol. The summed E-state index contributed by atoms with van der Waals surface area (Å²) in [6.45, 7) is 7.66. The average molecular weight is 435 g/mol. The third-order valence-electron chi connectivity index (χ3n) is 6.21. The summed E-state index contributed by atoms with van der Waals surface area (Å²) in [4.78, 5) is 30.8. The van der Waals surface area contributed by atoms with E-state index in [-0.39, 0.29) is 24.3 Å². The number of amides is 2. The van der Waals surface area contributed by atoms with Crippen LogP contribution < -0.4 is 9.64 Å². The van der Waals surface area contributed by atoms with Crippen LogP contribution >= 0.6 is 0 Å². The van der Waals surface area contributed by atoms with Crippen molar-refractivity contribution in [3.63, 3.8) is 0 Å². The molecule has 2 aromatic rings. The molecule has 2 aromatic carbocycles. The molecule has 2 aliphatic heterocycles. The number of rotatable bonds is 6. The van der Waals surface area contributed by atoms with Gasteiger partial charge in [0, 0.05) is 19.7 Å². The number of aliphatic hydroxyl groups excluding tert-OH is 1. The first-order valence-electron chi connectivity index (χ1n) is 11.2. The smallest absolute Gasteiger partial charge is 0.282 e. The van der Waals surface area contributed by atoms with Crippen LogP contribution in [0.3, 0.4) is 0 Å². The first-order valence-corrected chi connectivity index (χ1v) is 11.2. The summed E-state index contributed by atoms with van der Waals surface area (Å²) in [6, 6.07) is 13.1. The van der Waals surface area contributed by atoms with E-state index in [1.807, 2.05) is 68.1 Å². The van der Waals surface area contributed by atoms with Gasteiger partial charge in [-0.15, -0.1) is 0 Å². The van der Waals surface area contributed by atoms with E-state index in [2.05, 4.69) is 0 Å². The Balaban J connectivity index is 1.81. The van der Waals surface area contributed by atoms with Crippen molar-refractivity contribution in [3.8, 4) is 5.75 Å². The maximum Gasteiger partial charge on any atom is 0.282 e. The Labute approximate surface area is 189 Å². The van der Waals surface area contributed by atoms with Gasteiger partial charge in [0.15, 0.2) is 0 Å². The molecule has 2 aliphatic rings. The molecule has 2 amide bonds. The van der Waals surface area contributed by atoms with Crippen LogP contribution in [0.4, 0.5) is 5.69 Å². The van der Waals surface area contributed by atoms with Gasteiger partial charge in [-0.25, -0.2) is 4.90 Å². The summed E-state index contributed by atoms with van der Waals surface area (Å²) < 4.78 is 5.55. The molecule has 4 rings (SSSR count). The Hall–Kier alpha value is -3.12. The van der Waals surface area contributed by atoms with Crippen molar-refractivity contribution in [2.45, 2.75) is 33.6 Å². The predicted molar refractivity (Wildman–Crippen MR) is 124 cm³/mol. The third kappa shape index (κ3) is 4.02. The molecule has 1 N–H and O–H groups in total. The Kier molecular flexibility index (Phi) is 6.33. The first kappa shape index (κ1) is 22.1. The van der Waals surface area contributed by atoms with E-state index < -0.39 is 0 Å². The lowest BCUT2D eigenvalue weighted by molar-refractivity contribution is -0.120. The number of carbonyl (C=O) groups is 2. The standard InChI is InChI=1S/C26H30N2O4/c1-4-32-21-11-9-20(10-12-21)23-24(27-13-5-6-19(15-27)16-29)26(31)28(25(23)30)22-14-17(2)7-8-18(22)3/h7-12,14,19,29H,4-6,13,15-16H2,1-3H3. The summed E-state index contributed by atoms with van der Waals surface area (Å²) in [5.74, 6) is 0.204. The summed E-state index contributed by atoms with van der Waals surface area (Å²) in [6.07, 6.45) is 1.79. The minimum atomic E-state index is -0.311. The van der Waals surface area contributed by atoms with Crippen LogP contribution in [-0.4, -0.2) is 48.1 Å². The molecule has 0 aliphatic carbocycles. The number of hydrogen-bond acceptors (Lipinski definition) is 5. The monoisotopic (exact) mass is 434 g/mol. The van der Waals surface area contributed by atoms with Crippen molar-refractivity contribution < 1.29 is 19.4 Å². The van der Waals surface area contributed by atoms with Crippen molar-refractivity contribution >= 4 is 23.1 Å². The number of aliphatic hydroxyl groups is 1. The number of aryl methyl sites for hydroxylation is 2. The van der Waals surface area contributed by atoms with Crippen LogP contribution in [0.2, 0.25) is 0 Å². The molecule has 32 heavy (non-hydrogen) atoms. The van der Waals surface area contributed by atoms with Crippen LogP contribution in [0.1, 0.15) is 36.5 Å². The number of ether oxygens (including phenoxy) is 1. The molecule has 6 nitrogen and oxygen atoms in total. The highest BCUT2D eigenvalue weighted by Crippen LogP contribution is 2.38. The maximum absolute atomic E-state index is 13.7. The molecule has 1 fully saturated rings. The number of carbonyl (C=O) groups excluding carboxylic acids is 2. The Morgan fingerprint density at radius 3 is 2.50 bits per heavy atom. The van der Waals surface area contributed by atoms with Gasteiger partial charge in [-0.1, -0.05) is 24.3 Å². The fourth-order valence-electron chi connectivity index (χ4n) is 4.55. The van der Waals surface area contributed by atoms with Crippen molar-refractivity contribution in [2.24, 2.45) is 5.92 Å². The summed E-state index contributed by atoms with van der Waals surface area (Å²) in [5.41, 5.74) is 4.02. The molecule has 168 valence electrons. The quantitative estimate of drug-likeness (QED) is 0.703. The number of likely N-dealkylation sites (tertiary alicyclic amines) is 1. The second-order valence-corrected chi connectivity index (χ2v) is 8.55. The van der Waals surface area contributed by atoms with Gasteiger partial charge < -0.3 is 14.7 Å². The Morgan fingerprint density at radius 1 is 1.06 bits per heavy atom. The number of anilines is 1. The van der Waals surface area contributed by atoms with Crippen LogP contribution in [0.5, 0.6) is 5.75 Å². The lowest BCUT2D eigenvalue weighted by Crippen LogP contribution is -2.40. The molecule has 0 bridgehead atoms. The normalized spacial score (nSPS) is 19.2. The van der Waals surface area contributed by atoms with Gasteiger partial charge >= 0.3 is 0 Å². The number of piperidine rings is 1. The van der Waals surface area contributed by atoms with Crippen molar-refractivity contribution in [3.05, 3.63) is 64.9 Å². The van der Waals surface area contributed by atoms with Gasteiger partial charge in [0.2, 0.25) is 0 Å².